The molecule has 0 radical (unpaired) electrons. The van der Waals surface area contributed by atoms with Gasteiger partial charge in [0, 0.05) is 31.5 Å². The number of carbonyl (C=O) groups is 1. The minimum atomic E-state index is -0.617. The molecule has 3 heterocycles. The van der Waals surface area contributed by atoms with E-state index in [2.05, 4.69) is 9.88 Å². The van der Waals surface area contributed by atoms with Crippen LogP contribution in [0, 0.1) is 5.82 Å². The first-order valence-corrected chi connectivity index (χ1v) is 9.03. The third-order valence-electron chi connectivity index (χ3n) is 4.93. The Bertz CT molecular complexity index is 787. The lowest BCUT2D eigenvalue weighted by Gasteiger charge is -2.43. The number of hydrogen-bond acceptors (Lipinski definition) is 5. The van der Waals surface area contributed by atoms with Crippen LogP contribution in [0.1, 0.15) is 5.69 Å². The number of benzene rings is 1. The summed E-state index contributed by atoms with van der Waals surface area (Å²) in [6.45, 7) is 3.47. The van der Waals surface area contributed by atoms with Crippen LogP contribution < -0.4 is 4.90 Å². The van der Waals surface area contributed by atoms with Crippen molar-refractivity contribution in [3.8, 4) is 0 Å². The van der Waals surface area contributed by atoms with Gasteiger partial charge >= 0.3 is 0 Å². The van der Waals surface area contributed by atoms with Gasteiger partial charge in [-0.1, -0.05) is 6.07 Å². The third kappa shape index (κ3) is 4.16. The summed E-state index contributed by atoms with van der Waals surface area (Å²) < 4.78 is 25.0. The number of nitrogens with zero attached hydrogens (tertiary/aromatic N) is 3. The third-order valence-corrected chi connectivity index (χ3v) is 4.93. The molecular formula is C20H22FN3O3. The maximum absolute atomic E-state index is 13.3. The summed E-state index contributed by atoms with van der Waals surface area (Å²) >= 11 is 0. The Morgan fingerprint density at radius 1 is 1.15 bits per heavy atom. The van der Waals surface area contributed by atoms with Crippen molar-refractivity contribution < 1.29 is 18.7 Å². The van der Waals surface area contributed by atoms with Gasteiger partial charge in [0.1, 0.15) is 18.0 Å². The summed E-state index contributed by atoms with van der Waals surface area (Å²) in [5, 5.41) is 0. The summed E-state index contributed by atoms with van der Waals surface area (Å²) in [6, 6.07) is 11.8. The van der Waals surface area contributed by atoms with Gasteiger partial charge in [0.2, 0.25) is 0 Å². The normalized spacial score (nSPS) is 24.2. The number of anilines is 1. The van der Waals surface area contributed by atoms with Crippen LogP contribution in [0.5, 0.6) is 0 Å². The summed E-state index contributed by atoms with van der Waals surface area (Å²) in [5.41, 5.74) is 1.04. The van der Waals surface area contributed by atoms with E-state index in [9.17, 15) is 9.18 Å². The summed E-state index contributed by atoms with van der Waals surface area (Å²) in [4.78, 5) is 20.7. The van der Waals surface area contributed by atoms with Crippen molar-refractivity contribution in [1.82, 2.24) is 9.88 Å². The molecule has 0 unspecified atom stereocenters. The number of rotatable bonds is 3. The fourth-order valence-electron chi connectivity index (χ4n) is 3.59. The zero-order valence-electron chi connectivity index (χ0n) is 15.0. The molecule has 1 aromatic carbocycles. The van der Waals surface area contributed by atoms with Gasteiger partial charge in [-0.15, -0.1) is 0 Å². The Morgan fingerprint density at radius 3 is 2.78 bits per heavy atom. The van der Waals surface area contributed by atoms with Crippen molar-refractivity contribution in [2.45, 2.75) is 12.1 Å². The second kappa shape index (κ2) is 7.72. The highest BCUT2D eigenvalue weighted by molar-refractivity contribution is 5.95. The van der Waals surface area contributed by atoms with Crippen molar-refractivity contribution >= 4 is 11.6 Å². The van der Waals surface area contributed by atoms with Gasteiger partial charge in [0.05, 0.1) is 25.5 Å². The average Bonchev–Trinajstić information content (AvgIpc) is 2.88. The van der Waals surface area contributed by atoms with E-state index in [1.807, 2.05) is 18.2 Å². The van der Waals surface area contributed by atoms with Crippen LogP contribution in [0.2, 0.25) is 0 Å². The van der Waals surface area contributed by atoms with Crippen molar-refractivity contribution in [3.63, 3.8) is 0 Å². The molecule has 0 N–H and O–H groups in total. The molecule has 2 fully saturated rings. The predicted octanol–water partition coefficient (Wildman–Crippen LogP) is 1.86. The number of carbonyl (C=O) groups excluding carboxylic acids is 1. The van der Waals surface area contributed by atoms with Crippen molar-refractivity contribution in [2.75, 3.05) is 44.4 Å². The number of hydrogen-bond donors (Lipinski definition) is 0. The van der Waals surface area contributed by atoms with E-state index in [1.54, 1.807) is 23.2 Å². The molecular weight excluding hydrogens is 349 g/mol. The molecule has 2 saturated heterocycles. The Labute approximate surface area is 157 Å². The molecule has 2 aromatic rings. The second-order valence-electron chi connectivity index (χ2n) is 7.01. The molecule has 0 saturated carbocycles. The first-order chi connectivity index (χ1) is 13.1. The minimum absolute atomic E-state index is 0.0157. The largest absolute Gasteiger partial charge is 0.377 e. The van der Waals surface area contributed by atoms with Crippen LogP contribution in [0.15, 0.2) is 48.7 Å². The minimum Gasteiger partial charge on any atom is -0.377 e. The van der Waals surface area contributed by atoms with E-state index in [-0.39, 0.29) is 18.3 Å². The van der Waals surface area contributed by atoms with Gasteiger partial charge < -0.3 is 14.4 Å². The Hall–Kier alpha value is -2.35. The van der Waals surface area contributed by atoms with Gasteiger partial charge in [-0.05, 0) is 36.4 Å². The van der Waals surface area contributed by atoms with Crippen LogP contribution >= 0.6 is 0 Å². The maximum Gasteiger partial charge on any atom is 0.253 e. The molecule has 27 heavy (non-hydrogen) atoms. The van der Waals surface area contributed by atoms with Crippen LogP contribution in [0.25, 0.3) is 0 Å². The quantitative estimate of drug-likeness (QED) is 0.824. The molecule has 1 amide bonds. The maximum atomic E-state index is 13.3. The molecule has 4 rings (SSSR count). The van der Waals surface area contributed by atoms with Crippen molar-refractivity contribution in [2.24, 2.45) is 0 Å². The molecule has 1 spiro atoms. The SMILES string of the molecule is O=C1CO[C@]2(COCCN(Cc3ccccn3)C2)CN1c1ccc(F)cc1. The van der Waals surface area contributed by atoms with Gasteiger partial charge in [-0.3, -0.25) is 14.7 Å². The highest BCUT2D eigenvalue weighted by atomic mass is 19.1. The molecule has 2 aliphatic rings. The predicted molar refractivity (Wildman–Crippen MR) is 97.8 cm³/mol. The summed E-state index contributed by atoms with van der Waals surface area (Å²) in [7, 11) is 0. The number of ether oxygens (including phenoxy) is 2. The molecule has 1 aromatic heterocycles. The highest BCUT2D eigenvalue weighted by Crippen LogP contribution is 2.27. The monoisotopic (exact) mass is 371 g/mol. The summed E-state index contributed by atoms with van der Waals surface area (Å²) in [5.74, 6) is -0.457. The van der Waals surface area contributed by atoms with E-state index < -0.39 is 5.60 Å². The lowest BCUT2D eigenvalue weighted by atomic mass is 10.0. The molecule has 1 atom stereocenters. The standard InChI is InChI=1S/C20H22FN3O3/c21-16-4-6-18(7-5-16)24-14-20(27-12-19(24)25)13-23(9-10-26-15-20)11-17-3-1-2-8-22-17/h1-8H,9-15H2/t20-/m0/s1. The fraction of sp³-hybridized carbons (Fsp3) is 0.400. The van der Waals surface area contributed by atoms with Gasteiger partial charge in [-0.25, -0.2) is 4.39 Å². The summed E-state index contributed by atoms with van der Waals surface area (Å²) in [6.07, 6.45) is 1.78. The zero-order valence-corrected chi connectivity index (χ0v) is 15.0. The number of amides is 1. The lowest BCUT2D eigenvalue weighted by molar-refractivity contribution is -0.146. The van der Waals surface area contributed by atoms with Crippen molar-refractivity contribution in [1.29, 1.82) is 0 Å². The first kappa shape index (κ1) is 18.0. The number of aromatic nitrogens is 1. The van der Waals surface area contributed by atoms with E-state index in [0.29, 0.717) is 38.5 Å². The molecule has 2 aliphatic heterocycles. The average molecular weight is 371 g/mol. The lowest BCUT2D eigenvalue weighted by Crippen LogP contribution is -2.60. The Balaban J connectivity index is 1.53. The first-order valence-electron chi connectivity index (χ1n) is 9.03. The van der Waals surface area contributed by atoms with Crippen LogP contribution in [0.4, 0.5) is 10.1 Å². The molecule has 142 valence electrons. The number of pyridine rings is 1. The second-order valence-corrected chi connectivity index (χ2v) is 7.01. The Kier molecular flexibility index (Phi) is 5.15. The Morgan fingerprint density at radius 2 is 2.00 bits per heavy atom. The van der Waals surface area contributed by atoms with Gasteiger partial charge in [0.25, 0.3) is 5.91 Å². The van der Waals surface area contributed by atoms with E-state index >= 15 is 0 Å². The van der Waals surface area contributed by atoms with E-state index in [4.69, 9.17) is 9.47 Å². The fourth-order valence-corrected chi connectivity index (χ4v) is 3.59. The van der Waals surface area contributed by atoms with Crippen molar-refractivity contribution in [3.05, 3.63) is 60.2 Å². The topological polar surface area (TPSA) is 54.9 Å². The van der Waals surface area contributed by atoms with Crippen LogP contribution in [-0.4, -0.2) is 60.8 Å². The molecule has 7 heteroatoms. The van der Waals surface area contributed by atoms with Gasteiger partial charge in [-0.2, -0.15) is 0 Å². The molecule has 6 nitrogen and oxygen atoms in total. The van der Waals surface area contributed by atoms with E-state index in [0.717, 1.165) is 12.2 Å². The smallest absolute Gasteiger partial charge is 0.253 e. The van der Waals surface area contributed by atoms with Gasteiger partial charge in [0.15, 0.2) is 0 Å². The highest BCUT2D eigenvalue weighted by Gasteiger charge is 2.43. The van der Waals surface area contributed by atoms with Crippen LogP contribution in [0.3, 0.4) is 0 Å². The number of morpholine rings is 1. The molecule has 0 bridgehead atoms. The molecule has 0 aliphatic carbocycles. The number of halogens is 1. The zero-order chi connectivity index (χ0) is 18.7. The van der Waals surface area contributed by atoms with Crippen LogP contribution in [-0.2, 0) is 20.8 Å². The van der Waals surface area contributed by atoms with E-state index in [1.165, 1.54) is 12.1 Å².